The average molecular weight is 204 g/mol. The highest BCUT2D eigenvalue weighted by molar-refractivity contribution is 5.08. The highest BCUT2D eigenvalue weighted by atomic mass is 14.5. The van der Waals surface area contributed by atoms with Gasteiger partial charge in [-0.25, -0.2) is 0 Å². The first kappa shape index (κ1) is 11.1. The maximum Gasteiger partial charge on any atom is 0.00915 e. The average Bonchev–Trinajstić information content (AvgIpc) is 2.74. The first-order valence-electron chi connectivity index (χ1n) is 6.60. The molecular formula is C15H24. The molecule has 15 heavy (non-hydrogen) atoms. The molecule has 2 rings (SSSR count). The Labute approximate surface area is 94.8 Å². The van der Waals surface area contributed by atoms with E-state index in [2.05, 4.69) is 32.6 Å². The van der Waals surface area contributed by atoms with E-state index < -0.39 is 0 Å². The van der Waals surface area contributed by atoms with Gasteiger partial charge in [-0.3, -0.25) is 0 Å². The van der Waals surface area contributed by atoms with Crippen molar-refractivity contribution < 1.29 is 0 Å². The molecule has 3 atom stereocenters. The second-order valence-electron chi connectivity index (χ2n) is 6.14. The Morgan fingerprint density at radius 2 is 1.60 bits per heavy atom. The van der Waals surface area contributed by atoms with Crippen LogP contribution < -0.4 is 0 Å². The maximum atomic E-state index is 3.29. The zero-order valence-corrected chi connectivity index (χ0v) is 10.5. The van der Waals surface area contributed by atoms with Gasteiger partial charge in [-0.2, -0.15) is 0 Å². The second kappa shape index (κ2) is 4.20. The van der Waals surface area contributed by atoms with E-state index in [1.165, 1.54) is 25.7 Å². The molecule has 0 aromatic rings. The molecule has 0 saturated heterocycles. The Kier molecular flexibility index (Phi) is 3.10. The van der Waals surface area contributed by atoms with E-state index in [0.29, 0.717) is 5.41 Å². The molecule has 0 spiro atoms. The van der Waals surface area contributed by atoms with Crippen LogP contribution in [0.1, 0.15) is 59.3 Å². The van der Waals surface area contributed by atoms with Crippen LogP contribution in [0.15, 0.2) is 0 Å². The Balaban J connectivity index is 1.88. The van der Waals surface area contributed by atoms with Crippen LogP contribution in [0.2, 0.25) is 0 Å². The standard InChI is InChI=1S/C15H24/c1-4-15(2,3)11-14-12-9-7-5-6-8-10-13(12)14/h12-14H,4,7-11H2,1-3H3/t12-,13+,14-. The molecular weight excluding hydrogens is 180 g/mol. The fourth-order valence-electron chi connectivity index (χ4n) is 3.12. The van der Waals surface area contributed by atoms with Crippen LogP contribution in [0.25, 0.3) is 0 Å². The van der Waals surface area contributed by atoms with Crippen LogP contribution in [0.5, 0.6) is 0 Å². The van der Waals surface area contributed by atoms with Crippen molar-refractivity contribution in [3.8, 4) is 11.8 Å². The lowest BCUT2D eigenvalue weighted by molar-refractivity contribution is 0.289. The van der Waals surface area contributed by atoms with Gasteiger partial charge in [-0.15, -0.1) is 11.8 Å². The van der Waals surface area contributed by atoms with Crippen LogP contribution in [0.3, 0.4) is 0 Å². The minimum absolute atomic E-state index is 0.562. The first-order chi connectivity index (χ1) is 7.14. The third-order valence-electron chi connectivity index (χ3n) is 4.58. The van der Waals surface area contributed by atoms with Gasteiger partial charge in [0.05, 0.1) is 0 Å². The molecule has 1 fully saturated rings. The number of rotatable bonds is 3. The van der Waals surface area contributed by atoms with E-state index in [4.69, 9.17) is 0 Å². The summed E-state index contributed by atoms with van der Waals surface area (Å²) >= 11 is 0. The summed E-state index contributed by atoms with van der Waals surface area (Å²) in [4.78, 5) is 0. The lowest BCUT2D eigenvalue weighted by atomic mass is 9.83. The third kappa shape index (κ3) is 2.57. The van der Waals surface area contributed by atoms with Crippen LogP contribution in [-0.2, 0) is 0 Å². The van der Waals surface area contributed by atoms with Crippen molar-refractivity contribution in [1.82, 2.24) is 0 Å². The second-order valence-corrected chi connectivity index (χ2v) is 6.14. The predicted octanol–water partition coefficient (Wildman–Crippen LogP) is 4.25. The molecule has 0 aromatic carbocycles. The van der Waals surface area contributed by atoms with Crippen molar-refractivity contribution in [1.29, 1.82) is 0 Å². The van der Waals surface area contributed by atoms with Gasteiger partial charge < -0.3 is 0 Å². The Bertz CT molecular complexity index is 258. The van der Waals surface area contributed by atoms with Crippen LogP contribution >= 0.6 is 0 Å². The van der Waals surface area contributed by atoms with Gasteiger partial charge in [0.1, 0.15) is 0 Å². The van der Waals surface area contributed by atoms with Crippen LogP contribution in [0, 0.1) is 35.0 Å². The molecule has 0 radical (unpaired) electrons. The number of fused-ring (bicyclic) bond motifs is 1. The predicted molar refractivity (Wildman–Crippen MR) is 65.4 cm³/mol. The molecule has 0 unspecified atom stereocenters. The smallest absolute Gasteiger partial charge is 0.00915 e. The van der Waals surface area contributed by atoms with E-state index in [1.807, 2.05) is 0 Å². The van der Waals surface area contributed by atoms with E-state index in [0.717, 1.165) is 30.6 Å². The van der Waals surface area contributed by atoms with Crippen LogP contribution in [-0.4, -0.2) is 0 Å². The zero-order chi connectivity index (χ0) is 10.9. The summed E-state index contributed by atoms with van der Waals surface area (Å²) in [5, 5.41) is 0. The minimum Gasteiger partial charge on any atom is -0.103 e. The van der Waals surface area contributed by atoms with Crippen molar-refractivity contribution in [3.63, 3.8) is 0 Å². The topological polar surface area (TPSA) is 0 Å². The number of hydrogen-bond donors (Lipinski definition) is 0. The van der Waals surface area contributed by atoms with E-state index in [1.54, 1.807) is 0 Å². The summed E-state index contributed by atoms with van der Waals surface area (Å²) in [6, 6.07) is 0. The van der Waals surface area contributed by atoms with Gasteiger partial charge in [-0.1, -0.05) is 27.2 Å². The molecule has 2 aliphatic carbocycles. The maximum absolute atomic E-state index is 3.29. The molecule has 1 saturated carbocycles. The summed E-state index contributed by atoms with van der Waals surface area (Å²) in [5.74, 6) is 9.68. The van der Waals surface area contributed by atoms with Gasteiger partial charge in [0, 0.05) is 12.8 Å². The largest absolute Gasteiger partial charge is 0.103 e. The lowest BCUT2D eigenvalue weighted by Crippen LogP contribution is -2.11. The normalized spacial score (nSPS) is 34.5. The molecule has 0 bridgehead atoms. The summed E-state index contributed by atoms with van der Waals surface area (Å²) in [6.45, 7) is 7.18. The highest BCUT2D eigenvalue weighted by Crippen LogP contribution is 2.57. The molecule has 0 aromatic heterocycles. The van der Waals surface area contributed by atoms with E-state index in [9.17, 15) is 0 Å². The summed E-state index contributed by atoms with van der Waals surface area (Å²) in [5.41, 5.74) is 0.562. The van der Waals surface area contributed by atoms with Crippen molar-refractivity contribution in [2.24, 2.45) is 23.2 Å². The monoisotopic (exact) mass is 204 g/mol. The molecule has 0 N–H and O–H groups in total. The highest BCUT2D eigenvalue weighted by Gasteiger charge is 2.49. The molecule has 0 amide bonds. The van der Waals surface area contributed by atoms with Gasteiger partial charge in [0.25, 0.3) is 0 Å². The van der Waals surface area contributed by atoms with Crippen LogP contribution in [0.4, 0.5) is 0 Å². The molecule has 2 aliphatic rings. The van der Waals surface area contributed by atoms with E-state index in [-0.39, 0.29) is 0 Å². The SMILES string of the molecule is CCC(C)(C)C[C@@H]1[C@@H]2CCC#CCC[C@@H]21. The lowest BCUT2D eigenvalue weighted by Gasteiger charge is -2.22. The van der Waals surface area contributed by atoms with Crippen molar-refractivity contribution in [2.45, 2.75) is 59.3 Å². The molecule has 0 aliphatic heterocycles. The Hall–Kier alpha value is -0.440. The van der Waals surface area contributed by atoms with E-state index >= 15 is 0 Å². The molecule has 0 heteroatoms. The summed E-state index contributed by atoms with van der Waals surface area (Å²) < 4.78 is 0. The minimum atomic E-state index is 0.562. The fraction of sp³-hybridized carbons (Fsp3) is 0.867. The summed E-state index contributed by atoms with van der Waals surface area (Å²) in [7, 11) is 0. The van der Waals surface area contributed by atoms with Gasteiger partial charge in [0.2, 0.25) is 0 Å². The van der Waals surface area contributed by atoms with Crippen molar-refractivity contribution in [3.05, 3.63) is 0 Å². The van der Waals surface area contributed by atoms with Gasteiger partial charge in [0.15, 0.2) is 0 Å². The van der Waals surface area contributed by atoms with Crippen molar-refractivity contribution >= 4 is 0 Å². The third-order valence-corrected chi connectivity index (χ3v) is 4.58. The van der Waals surface area contributed by atoms with Gasteiger partial charge >= 0.3 is 0 Å². The summed E-state index contributed by atoms with van der Waals surface area (Å²) in [6.07, 6.45) is 7.83. The molecule has 0 heterocycles. The Morgan fingerprint density at radius 3 is 2.07 bits per heavy atom. The first-order valence-corrected chi connectivity index (χ1v) is 6.60. The quantitative estimate of drug-likeness (QED) is 0.603. The number of hydrogen-bond acceptors (Lipinski definition) is 0. The molecule has 84 valence electrons. The fourth-order valence-corrected chi connectivity index (χ4v) is 3.12. The van der Waals surface area contributed by atoms with Crippen molar-refractivity contribution in [2.75, 3.05) is 0 Å². The Morgan fingerprint density at radius 1 is 1.07 bits per heavy atom. The zero-order valence-electron chi connectivity index (χ0n) is 10.5. The van der Waals surface area contributed by atoms with Gasteiger partial charge in [-0.05, 0) is 42.4 Å². The molecule has 0 nitrogen and oxygen atoms in total.